The summed E-state index contributed by atoms with van der Waals surface area (Å²) < 4.78 is 0.992. The maximum Gasteiger partial charge on any atom is 0.258 e. The first kappa shape index (κ1) is 21.6. The molecule has 0 radical (unpaired) electrons. The van der Waals surface area contributed by atoms with Crippen molar-refractivity contribution in [2.45, 2.75) is 0 Å². The molecule has 0 fully saturated rings. The molecule has 0 saturated heterocycles. The van der Waals surface area contributed by atoms with E-state index in [2.05, 4.69) is 56.6 Å². The highest BCUT2D eigenvalue weighted by Gasteiger charge is 2.16. The van der Waals surface area contributed by atoms with E-state index in [1.54, 1.807) is 0 Å². The molecule has 35 heavy (non-hydrogen) atoms. The summed E-state index contributed by atoms with van der Waals surface area (Å²) in [5.74, 6) is -0.207. The lowest BCUT2D eigenvalue weighted by molar-refractivity contribution is 0.102. The van der Waals surface area contributed by atoms with Crippen LogP contribution in [-0.2, 0) is 0 Å². The summed E-state index contributed by atoms with van der Waals surface area (Å²) in [7, 11) is 0. The van der Waals surface area contributed by atoms with E-state index in [-0.39, 0.29) is 5.91 Å². The van der Waals surface area contributed by atoms with Crippen LogP contribution in [0.2, 0.25) is 0 Å². The highest BCUT2D eigenvalue weighted by atomic mass is 79.9. The molecule has 0 unspecified atom stereocenters. The summed E-state index contributed by atoms with van der Waals surface area (Å²) in [6, 6.07) is 32.0. The van der Waals surface area contributed by atoms with E-state index in [1.165, 1.54) is 16.7 Å². The van der Waals surface area contributed by atoms with Gasteiger partial charge in [0.2, 0.25) is 0 Å². The van der Waals surface area contributed by atoms with Crippen molar-refractivity contribution in [3.05, 3.63) is 112 Å². The number of carbonyl (C=O) groups is 1. The lowest BCUT2D eigenvalue weighted by atomic mass is 10.0. The van der Waals surface area contributed by atoms with Gasteiger partial charge in [-0.2, -0.15) is 0 Å². The van der Waals surface area contributed by atoms with Crippen LogP contribution in [0.5, 0.6) is 0 Å². The molecule has 0 spiro atoms. The number of carbonyl (C=O) groups excluding carboxylic acids is 1. The van der Waals surface area contributed by atoms with Crippen molar-refractivity contribution in [2.75, 3.05) is 5.32 Å². The molecule has 0 bridgehead atoms. The van der Waals surface area contributed by atoms with E-state index in [0.29, 0.717) is 10.7 Å². The quantitative estimate of drug-likeness (QED) is 0.247. The standard InChI is InChI=1S/C29H18BrN3OS/c30-22-13-11-19(12-14-22)26-16-24(23-7-3-4-8-25(23)31-26)28(34)33-29-32-27(17-35-29)21-10-9-18-5-1-2-6-20(18)15-21/h1-17H,(H,32,33,34). The smallest absolute Gasteiger partial charge is 0.258 e. The number of pyridine rings is 1. The molecule has 4 nitrogen and oxygen atoms in total. The van der Waals surface area contributed by atoms with Crippen molar-refractivity contribution in [3.63, 3.8) is 0 Å². The minimum absolute atomic E-state index is 0.207. The molecule has 0 atom stereocenters. The number of aromatic nitrogens is 2. The molecular formula is C29H18BrN3OS. The van der Waals surface area contributed by atoms with E-state index < -0.39 is 0 Å². The number of para-hydroxylation sites is 1. The van der Waals surface area contributed by atoms with Crippen LogP contribution in [0, 0.1) is 0 Å². The van der Waals surface area contributed by atoms with Gasteiger partial charge < -0.3 is 0 Å². The number of thiazole rings is 1. The maximum absolute atomic E-state index is 13.4. The highest BCUT2D eigenvalue weighted by Crippen LogP contribution is 2.30. The second kappa shape index (κ2) is 9.06. The van der Waals surface area contributed by atoms with Gasteiger partial charge >= 0.3 is 0 Å². The fourth-order valence-electron chi connectivity index (χ4n) is 4.11. The van der Waals surface area contributed by atoms with E-state index >= 15 is 0 Å². The predicted octanol–water partition coefficient (Wildman–Crippen LogP) is 8.19. The number of halogens is 1. The molecule has 1 N–H and O–H groups in total. The van der Waals surface area contributed by atoms with Gasteiger partial charge in [-0.3, -0.25) is 10.1 Å². The molecule has 168 valence electrons. The number of benzene rings is 4. The minimum Gasteiger partial charge on any atom is -0.298 e. The zero-order valence-corrected chi connectivity index (χ0v) is 20.8. The van der Waals surface area contributed by atoms with Gasteiger partial charge in [0.25, 0.3) is 5.91 Å². The van der Waals surface area contributed by atoms with Crippen LogP contribution in [0.3, 0.4) is 0 Å². The van der Waals surface area contributed by atoms with Crippen LogP contribution < -0.4 is 5.32 Å². The average molecular weight is 536 g/mol. The Morgan fingerprint density at radius 3 is 2.34 bits per heavy atom. The van der Waals surface area contributed by atoms with E-state index in [4.69, 9.17) is 4.98 Å². The second-order valence-corrected chi connectivity index (χ2v) is 9.91. The molecular weight excluding hydrogens is 518 g/mol. The molecule has 0 aliphatic carbocycles. The third-order valence-corrected chi connectivity index (χ3v) is 7.16. The Hall–Kier alpha value is -3.87. The Labute approximate surface area is 214 Å². The Morgan fingerprint density at radius 2 is 1.49 bits per heavy atom. The molecule has 0 aliphatic rings. The highest BCUT2D eigenvalue weighted by molar-refractivity contribution is 9.10. The maximum atomic E-state index is 13.4. The third-order valence-electron chi connectivity index (χ3n) is 5.87. The Balaban J connectivity index is 1.33. The Morgan fingerprint density at radius 1 is 0.743 bits per heavy atom. The molecule has 1 amide bonds. The number of hydrogen-bond donors (Lipinski definition) is 1. The van der Waals surface area contributed by atoms with Crippen LogP contribution in [0.25, 0.3) is 44.2 Å². The number of hydrogen-bond acceptors (Lipinski definition) is 4. The normalized spacial score (nSPS) is 11.1. The summed E-state index contributed by atoms with van der Waals surface area (Å²) in [6.45, 7) is 0. The number of anilines is 1. The summed E-state index contributed by atoms with van der Waals surface area (Å²) in [5.41, 5.74) is 4.89. The van der Waals surface area contributed by atoms with Crippen LogP contribution >= 0.6 is 27.3 Å². The number of nitrogens with zero attached hydrogens (tertiary/aromatic N) is 2. The molecule has 2 aromatic heterocycles. The largest absolute Gasteiger partial charge is 0.298 e. The SMILES string of the molecule is O=C(Nc1nc(-c2ccc3ccccc3c2)cs1)c1cc(-c2ccc(Br)cc2)nc2ccccc12. The van der Waals surface area contributed by atoms with Crippen molar-refractivity contribution in [1.82, 2.24) is 9.97 Å². The van der Waals surface area contributed by atoms with Gasteiger partial charge in [0.05, 0.1) is 22.5 Å². The van der Waals surface area contributed by atoms with Gasteiger partial charge in [0.15, 0.2) is 5.13 Å². The van der Waals surface area contributed by atoms with Crippen molar-refractivity contribution >= 4 is 60.0 Å². The van der Waals surface area contributed by atoms with Gasteiger partial charge in [-0.05, 0) is 41.1 Å². The summed E-state index contributed by atoms with van der Waals surface area (Å²) in [4.78, 5) is 22.9. The topological polar surface area (TPSA) is 54.9 Å². The van der Waals surface area contributed by atoms with E-state index in [9.17, 15) is 4.79 Å². The molecule has 6 rings (SSSR count). The van der Waals surface area contributed by atoms with Gasteiger partial charge in [-0.15, -0.1) is 11.3 Å². The Kier molecular flexibility index (Phi) is 5.60. The van der Waals surface area contributed by atoms with Crippen LogP contribution in [0.1, 0.15) is 10.4 Å². The first-order chi connectivity index (χ1) is 17.1. The third kappa shape index (κ3) is 4.34. The zero-order chi connectivity index (χ0) is 23.8. The van der Waals surface area contributed by atoms with Crippen molar-refractivity contribution in [2.24, 2.45) is 0 Å². The molecule has 6 heteroatoms. The number of nitrogens with one attached hydrogen (secondary N) is 1. The molecule has 6 aromatic rings. The molecule has 2 heterocycles. The van der Waals surface area contributed by atoms with Gasteiger partial charge in [-0.1, -0.05) is 82.7 Å². The van der Waals surface area contributed by atoms with E-state index in [0.717, 1.165) is 43.3 Å². The second-order valence-electron chi connectivity index (χ2n) is 8.13. The average Bonchev–Trinajstić information content (AvgIpc) is 3.36. The monoisotopic (exact) mass is 535 g/mol. The minimum atomic E-state index is -0.207. The number of amides is 1. The van der Waals surface area contributed by atoms with Crippen molar-refractivity contribution < 1.29 is 4.79 Å². The lowest BCUT2D eigenvalue weighted by Crippen LogP contribution is -2.13. The number of rotatable bonds is 4. The molecule has 4 aromatic carbocycles. The van der Waals surface area contributed by atoms with Crippen molar-refractivity contribution in [3.8, 4) is 22.5 Å². The van der Waals surface area contributed by atoms with Gasteiger partial charge in [-0.25, -0.2) is 9.97 Å². The van der Waals surface area contributed by atoms with Gasteiger partial charge in [0, 0.05) is 26.4 Å². The zero-order valence-electron chi connectivity index (χ0n) is 18.4. The van der Waals surface area contributed by atoms with Gasteiger partial charge in [0.1, 0.15) is 0 Å². The molecule has 0 aliphatic heterocycles. The van der Waals surface area contributed by atoms with Crippen LogP contribution in [0.15, 0.2) is 107 Å². The summed E-state index contributed by atoms with van der Waals surface area (Å²) >= 11 is 4.89. The van der Waals surface area contributed by atoms with Crippen LogP contribution in [-0.4, -0.2) is 15.9 Å². The summed E-state index contributed by atoms with van der Waals surface area (Å²) in [6.07, 6.45) is 0. The van der Waals surface area contributed by atoms with Crippen LogP contribution in [0.4, 0.5) is 5.13 Å². The fraction of sp³-hybridized carbons (Fsp3) is 0. The molecule has 0 saturated carbocycles. The number of fused-ring (bicyclic) bond motifs is 2. The Bertz CT molecular complexity index is 1710. The summed E-state index contributed by atoms with van der Waals surface area (Å²) in [5, 5.41) is 8.68. The predicted molar refractivity (Wildman–Crippen MR) is 148 cm³/mol. The fourth-order valence-corrected chi connectivity index (χ4v) is 5.09. The van der Waals surface area contributed by atoms with E-state index in [1.807, 2.05) is 72.1 Å². The van der Waals surface area contributed by atoms with Crippen molar-refractivity contribution in [1.29, 1.82) is 0 Å². The first-order valence-electron chi connectivity index (χ1n) is 11.1. The lowest BCUT2D eigenvalue weighted by Gasteiger charge is -2.10. The first-order valence-corrected chi connectivity index (χ1v) is 12.7.